The predicted molar refractivity (Wildman–Crippen MR) is 85.1 cm³/mol. The molecule has 1 amide bonds. The summed E-state index contributed by atoms with van der Waals surface area (Å²) in [4.78, 5) is 14.3. The van der Waals surface area contributed by atoms with Crippen molar-refractivity contribution in [2.75, 3.05) is 18.4 Å². The van der Waals surface area contributed by atoms with Crippen molar-refractivity contribution in [1.82, 2.24) is 4.90 Å². The molecule has 2 aromatic rings. The van der Waals surface area contributed by atoms with Crippen LogP contribution in [0.2, 0.25) is 0 Å². The van der Waals surface area contributed by atoms with Crippen molar-refractivity contribution >= 4 is 11.6 Å². The van der Waals surface area contributed by atoms with Crippen LogP contribution in [0.4, 0.5) is 5.69 Å². The van der Waals surface area contributed by atoms with Gasteiger partial charge in [0.2, 0.25) is 5.91 Å². The van der Waals surface area contributed by atoms with Crippen LogP contribution >= 0.6 is 0 Å². The number of hydrogen-bond acceptors (Lipinski definition) is 2. The lowest BCUT2D eigenvalue weighted by molar-refractivity contribution is -0.131. The summed E-state index contributed by atoms with van der Waals surface area (Å²) >= 11 is 0. The molecule has 1 heterocycles. The average Bonchev–Trinajstić information content (AvgIpc) is 2.59. The van der Waals surface area contributed by atoms with E-state index in [1.807, 2.05) is 29.2 Å². The molecule has 0 fully saturated rings. The molecule has 1 aliphatic rings. The fraction of sp³-hybridized carbons (Fsp3) is 0.278. The summed E-state index contributed by atoms with van der Waals surface area (Å²) in [5.41, 5.74) is 3.63. The highest BCUT2D eigenvalue weighted by Crippen LogP contribution is 2.18. The summed E-state index contributed by atoms with van der Waals surface area (Å²) in [5, 5.41) is 3.37. The molecule has 0 radical (unpaired) electrons. The van der Waals surface area contributed by atoms with Crippen LogP contribution in [-0.4, -0.2) is 23.9 Å². The standard InChI is InChI=1S/C18H20N2O/c21-18-10-12-19-17-9-5-4-8-16(17)11-13-20(18)14-15-6-2-1-3-7-15/h1-9,19H,10-14H2. The Morgan fingerprint density at radius 3 is 2.57 bits per heavy atom. The Morgan fingerprint density at radius 2 is 1.71 bits per heavy atom. The number of nitrogens with one attached hydrogen (secondary N) is 1. The van der Waals surface area contributed by atoms with Crippen LogP contribution in [0.15, 0.2) is 54.6 Å². The average molecular weight is 280 g/mol. The van der Waals surface area contributed by atoms with E-state index in [1.165, 1.54) is 11.1 Å². The number of carbonyl (C=O) groups excluding carboxylic acids is 1. The molecule has 3 heteroatoms. The Kier molecular flexibility index (Phi) is 4.20. The summed E-state index contributed by atoms with van der Waals surface area (Å²) < 4.78 is 0. The molecule has 1 aliphatic heterocycles. The van der Waals surface area contributed by atoms with Crippen molar-refractivity contribution in [2.24, 2.45) is 0 Å². The maximum absolute atomic E-state index is 12.4. The van der Waals surface area contributed by atoms with E-state index in [-0.39, 0.29) is 5.91 Å². The zero-order chi connectivity index (χ0) is 14.5. The van der Waals surface area contributed by atoms with E-state index >= 15 is 0 Å². The third-order valence-electron chi connectivity index (χ3n) is 3.89. The molecule has 0 atom stereocenters. The second-order valence-corrected chi connectivity index (χ2v) is 5.38. The zero-order valence-electron chi connectivity index (χ0n) is 12.1. The first-order valence-corrected chi connectivity index (χ1v) is 7.46. The minimum absolute atomic E-state index is 0.221. The van der Waals surface area contributed by atoms with Crippen molar-refractivity contribution in [3.63, 3.8) is 0 Å². The van der Waals surface area contributed by atoms with Crippen LogP contribution in [0.1, 0.15) is 17.5 Å². The van der Waals surface area contributed by atoms with Crippen LogP contribution in [0.5, 0.6) is 0 Å². The highest BCUT2D eigenvalue weighted by Gasteiger charge is 2.16. The Labute approximate surface area is 125 Å². The van der Waals surface area contributed by atoms with Gasteiger partial charge in [-0.15, -0.1) is 0 Å². The summed E-state index contributed by atoms with van der Waals surface area (Å²) in [6, 6.07) is 18.5. The molecule has 0 spiro atoms. The second kappa shape index (κ2) is 6.44. The second-order valence-electron chi connectivity index (χ2n) is 5.38. The SMILES string of the molecule is O=C1CCNc2ccccc2CCN1Cc1ccccc1. The number of hydrogen-bond donors (Lipinski definition) is 1. The van der Waals surface area contributed by atoms with Crippen LogP contribution in [0.25, 0.3) is 0 Å². The maximum Gasteiger partial charge on any atom is 0.224 e. The third kappa shape index (κ3) is 3.43. The first-order chi connectivity index (χ1) is 10.3. The van der Waals surface area contributed by atoms with Crippen molar-refractivity contribution in [3.8, 4) is 0 Å². The Hall–Kier alpha value is -2.29. The minimum atomic E-state index is 0.221. The lowest BCUT2D eigenvalue weighted by atomic mass is 10.1. The van der Waals surface area contributed by atoms with Gasteiger partial charge in [-0.3, -0.25) is 4.79 Å². The molecule has 2 aromatic carbocycles. The number of nitrogens with zero attached hydrogens (tertiary/aromatic N) is 1. The summed E-state index contributed by atoms with van der Waals surface area (Å²) in [7, 11) is 0. The van der Waals surface area contributed by atoms with Gasteiger partial charge in [0.05, 0.1) is 0 Å². The summed E-state index contributed by atoms with van der Waals surface area (Å²) in [6.45, 7) is 2.16. The molecule has 0 unspecified atom stereocenters. The first kappa shape index (κ1) is 13.7. The number of benzene rings is 2. The van der Waals surface area contributed by atoms with E-state index in [2.05, 4.69) is 35.6 Å². The molecular formula is C18H20N2O. The molecule has 1 N–H and O–H groups in total. The summed E-state index contributed by atoms with van der Waals surface area (Å²) in [5.74, 6) is 0.221. The normalized spacial score (nSPS) is 15.4. The van der Waals surface area contributed by atoms with Crippen LogP contribution in [0, 0.1) is 0 Å². The molecule has 21 heavy (non-hydrogen) atoms. The van der Waals surface area contributed by atoms with E-state index in [4.69, 9.17) is 0 Å². The van der Waals surface area contributed by atoms with Crippen LogP contribution in [-0.2, 0) is 17.8 Å². The fourth-order valence-corrected chi connectivity index (χ4v) is 2.72. The molecular weight excluding hydrogens is 260 g/mol. The van der Waals surface area contributed by atoms with Crippen LogP contribution < -0.4 is 5.32 Å². The molecule has 108 valence electrons. The number of carbonyl (C=O) groups is 1. The molecule has 3 nitrogen and oxygen atoms in total. The van der Waals surface area contributed by atoms with Crippen molar-refractivity contribution < 1.29 is 4.79 Å². The number of amides is 1. The molecule has 3 rings (SSSR count). The van der Waals surface area contributed by atoms with Gasteiger partial charge in [0, 0.05) is 31.7 Å². The zero-order valence-corrected chi connectivity index (χ0v) is 12.1. The largest absolute Gasteiger partial charge is 0.384 e. The van der Waals surface area contributed by atoms with Gasteiger partial charge >= 0.3 is 0 Å². The Bertz CT molecular complexity index is 610. The van der Waals surface area contributed by atoms with E-state index in [0.29, 0.717) is 19.5 Å². The Morgan fingerprint density at radius 1 is 0.952 bits per heavy atom. The number of anilines is 1. The molecule has 0 aliphatic carbocycles. The van der Waals surface area contributed by atoms with Gasteiger partial charge in [0.15, 0.2) is 0 Å². The molecule has 0 saturated heterocycles. The molecule has 0 saturated carbocycles. The van der Waals surface area contributed by atoms with Gasteiger partial charge in [-0.2, -0.15) is 0 Å². The number of para-hydroxylation sites is 1. The van der Waals surface area contributed by atoms with E-state index in [9.17, 15) is 4.79 Å². The van der Waals surface area contributed by atoms with E-state index in [1.54, 1.807) is 0 Å². The monoisotopic (exact) mass is 280 g/mol. The van der Waals surface area contributed by atoms with Gasteiger partial charge in [-0.1, -0.05) is 48.5 Å². The lowest BCUT2D eigenvalue weighted by Crippen LogP contribution is -2.32. The van der Waals surface area contributed by atoms with Crippen molar-refractivity contribution in [1.29, 1.82) is 0 Å². The van der Waals surface area contributed by atoms with E-state index in [0.717, 1.165) is 18.7 Å². The topological polar surface area (TPSA) is 32.3 Å². The summed E-state index contributed by atoms with van der Waals surface area (Å²) in [6.07, 6.45) is 1.43. The number of rotatable bonds is 2. The van der Waals surface area contributed by atoms with Gasteiger partial charge in [-0.25, -0.2) is 0 Å². The highest BCUT2D eigenvalue weighted by molar-refractivity contribution is 5.77. The van der Waals surface area contributed by atoms with Crippen molar-refractivity contribution in [3.05, 3.63) is 65.7 Å². The fourth-order valence-electron chi connectivity index (χ4n) is 2.72. The minimum Gasteiger partial charge on any atom is -0.384 e. The highest BCUT2D eigenvalue weighted by atomic mass is 16.2. The Balaban J connectivity index is 1.76. The van der Waals surface area contributed by atoms with Gasteiger partial charge in [-0.05, 0) is 23.6 Å². The molecule has 0 bridgehead atoms. The third-order valence-corrected chi connectivity index (χ3v) is 3.89. The predicted octanol–water partition coefficient (Wildman–Crippen LogP) is 3.07. The number of fused-ring (bicyclic) bond motifs is 1. The first-order valence-electron chi connectivity index (χ1n) is 7.46. The van der Waals surface area contributed by atoms with Gasteiger partial charge < -0.3 is 10.2 Å². The van der Waals surface area contributed by atoms with Crippen LogP contribution in [0.3, 0.4) is 0 Å². The van der Waals surface area contributed by atoms with E-state index < -0.39 is 0 Å². The van der Waals surface area contributed by atoms with Crippen molar-refractivity contribution in [2.45, 2.75) is 19.4 Å². The lowest BCUT2D eigenvalue weighted by Gasteiger charge is -2.22. The van der Waals surface area contributed by atoms with Gasteiger partial charge in [0.25, 0.3) is 0 Å². The quantitative estimate of drug-likeness (QED) is 0.917. The smallest absolute Gasteiger partial charge is 0.224 e. The molecule has 0 aromatic heterocycles. The van der Waals surface area contributed by atoms with Gasteiger partial charge in [0.1, 0.15) is 0 Å². The maximum atomic E-state index is 12.4.